The number of nitrogens with zero attached hydrogens (tertiary/aromatic N) is 3. The first-order chi connectivity index (χ1) is 16.6. The molecule has 1 amide bonds. The minimum absolute atomic E-state index is 0.181. The molecular weight excluding hydrogens is 486 g/mol. The average molecular weight is 506 g/mol. The second-order valence-electron chi connectivity index (χ2n) is 7.43. The normalized spacial score (nSPS) is 14.8. The summed E-state index contributed by atoms with van der Waals surface area (Å²) in [4.78, 5) is 19.2. The number of hydrogen-bond acceptors (Lipinski definition) is 6. The van der Waals surface area contributed by atoms with Gasteiger partial charge < -0.3 is 4.74 Å². The van der Waals surface area contributed by atoms with Crippen LogP contribution < -0.4 is 9.75 Å². The number of rotatable bonds is 7. The zero-order valence-corrected chi connectivity index (χ0v) is 20.7. The summed E-state index contributed by atoms with van der Waals surface area (Å²) in [5, 5.41) is 7.38. The number of aromatic nitrogens is 1. The Hall–Kier alpha value is -3.13. The van der Waals surface area contributed by atoms with Crippen molar-refractivity contribution in [3.63, 3.8) is 0 Å². The van der Waals surface area contributed by atoms with Gasteiger partial charge in [0, 0.05) is 15.7 Å². The van der Waals surface area contributed by atoms with Crippen molar-refractivity contribution in [2.45, 2.75) is 11.8 Å². The van der Waals surface area contributed by atoms with Gasteiger partial charge in [0.05, 0.1) is 28.1 Å². The van der Waals surface area contributed by atoms with Crippen LogP contribution in [0.2, 0.25) is 5.02 Å². The molecule has 8 heteroatoms. The summed E-state index contributed by atoms with van der Waals surface area (Å²) in [7, 11) is 0. The average Bonchev–Trinajstić information content (AvgIpc) is 3.41. The highest BCUT2D eigenvalue weighted by Crippen LogP contribution is 2.34. The highest BCUT2D eigenvalue weighted by atomic mass is 35.5. The van der Waals surface area contributed by atoms with E-state index in [9.17, 15) is 4.79 Å². The predicted octanol–water partition coefficient (Wildman–Crippen LogP) is 6.93. The first kappa shape index (κ1) is 22.7. The van der Waals surface area contributed by atoms with E-state index in [1.165, 1.54) is 16.3 Å². The van der Waals surface area contributed by atoms with Crippen molar-refractivity contribution in [2.24, 2.45) is 5.10 Å². The van der Waals surface area contributed by atoms with Crippen molar-refractivity contribution in [1.82, 2.24) is 4.98 Å². The number of hydrogen-bond donors (Lipinski definition) is 0. The number of carbonyl (C=O) groups is 1. The van der Waals surface area contributed by atoms with Gasteiger partial charge in [-0.2, -0.15) is 10.1 Å². The summed E-state index contributed by atoms with van der Waals surface area (Å²) in [6, 6.07) is 23.2. The molecule has 34 heavy (non-hydrogen) atoms. The maximum absolute atomic E-state index is 13.5. The fourth-order valence-electron chi connectivity index (χ4n) is 3.47. The molecule has 0 bridgehead atoms. The van der Waals surface area contributed by atoms with Crippen LogP contribution >= 0.6 is 34.7 Å². The van der Waals surface area contributed by atoms with Crippen LogP contribution in [0.5, 0.6) is 5.75 Å². The van der Waals surface area contributed by atoms with E-state index in [1.807, 2.05) is 85.8 Å². The van der Waals surface area contributed by atoms with E-state index < -0.39 is 0 Å². The van der Waals surface area contributed by atoms with E-state index in [0.717, 1.165) is 26.4 Å². The van der Waals surface area contributed by atoms with Crippen molar-refractivity contribution < 1.29 is 9.53 Å². The lowest BCUT2D eigenvalue weighted by Crippen LogP contribution is -2.21. The fraction of sp³-hybridized carbons (Fsp3) is 0.115. The molecule has 1 aliphatic rings. The number of hydrazone groups is 1. The summed E-state index contributed by atoms with van der Waals surface area (Å²) < 4.78 is 6.55. The van der Waals surface area contributed by atoms with Crippen molar-refractivity contribution in [3.05, 3.63) is 89.0 Å². The highest BCUT2D eigenvalue weighted by molar-refractivity contribution is 8.00. The molecular formula is C26H20ClN3O2S2. The van der Waals surface area contributed by atoms with Gasteiger partial charge >= 0.3 is 0 Å². The van der Waals surface area contributed by atoms with E-state index in [-0.39, 0.29) is 5.91 Å². The Balaban J connectivity index is 1.47. The van der Waals surface area contributed by atoms with Gasteiger partial charge in [-0.05, 0) is 67.1 Å². The largest absolute Gasteiger partial charge is 0.494 e. The van der Waals surface area contributed by atoms with E-state index in [0.29, 0.717) is 33.8 Å². The van der Waals surface area contributed by atoms with Crippen molar-refractivity contribution >= 4 is 67.7 Å². The van der Waals surface area contributed by atoms with E-state index in [4.69, 9.17) is 21.4 Å². The smallest absolute Gasteiger partial charge is 0.282 e. The quantitative estimate of drug-likeness (QED) is 0.202. The molecule has 0 fully saturated rings. The van der Waals surface area contributed by atoms with Crippen LogP contribution in [0.1, 0.15) is 12.5 Å². The minimum Gasteiger partial charge on any atom is -0.494 e. The van der Waals surface area contributed by atoms with Gasteiger partial charge in [-0.3, -0.25) is 4.79 Å². The molecule has 170 valence electrons. The minimum atomic E-state index is -0.181. The van der Waals surface area contributed by atoms with Crippen LogP contribution in [-0.4, -0.2) is 29.0 Å². The molecule has 0 saturated heterocycles. The molecule has 1 aliphatic heterocycles. The molecule has 0 spiro atoms. The number of anilines is 1. The molecule has 0 saturated carbocycles. The summed E-state index contributed by atoms with van der Waals surface area (Å²) in [6.07, 6.45) is 1.88. The number of amides is 1. The molecule has 0 atom stereocenters. The standard InChI is InChI=1S/C26H20ClN3O2S2/c1-2-32-19-11-7-17(8-12-19)15-21-23(16-33-20-13-9-18(27)10-14-20)29-30(25(21)31)26-28-22-5-3-4-6-24(22)34-26/h3-15H,2,16H2,1H3. The number of thiazole rings is 1. The van der Waals surface area contributed by atoms with Gasteiger partial charge in [-0.15, -0.1) is 11.8 Å². The van der Waals surface area contributed by atoms with Crippen molar-refractivity contribution in [1.29, 1.82) is 0 Å². The molecule has 2 heterocycles. The molecule has 0 unspecified atom stereocenters. The summed E-state index contributed by atoms with van der Waals surface area (Å²) in [6.45, 7) is 2.56. The molecule has 1 aromatic heterocycles. The van der Waals surface area contributed by atoms with Gasteiger partial charge in [0.15, 0.2) is 0 Å². The van der Waals surface area contributed by atoms with Gasteiger partial charge in [-0.1, -0.05) is 47.2 Å². The van der Waals surface area contributed by atoms with E-state index >= 15 is 0 Å². The Kier molecular flexibility index (Phi) is 6.67. The summed E-state index contributed by atoms with van der Waals surface area (Å²) in [5.41, 5.74) is 3.02. The maximum atomic E-state index is 13.5. The number of fused-ring (bicyclic) bond motifs is 1. The third-order valence-electron chi connectivity index (χ3n) is 5.11. The number of benzene rings is 3. The molecule has 0 radical (unpaired) electrons. The highest BCUT2D eigenvalue weighted by Gasteiger charge is 2.33. The monoisotopic (exact) mass is 505 g/mol. The first-order valence-electron chi connectivity index (χ1n) is 10.7. The van der Waals surface area contributed by atoms with Gasteiger partial charge in [-0.25, -0.2) is 4.98 Å². The number of carbonyl (C=O) groups excluding carboxylic acids is 1. The number of halogens is 1. The maximum Gasteiger partial charge on any atom is 0.282 e. The molecule has 0 N–H and O–H groups in total. The van der Waals surface area contributed by atoms with Crippen LogP contribution in [0.15, 0.2) is 88.4 Å². The van der Waals surface area contributed by atoms with Crippen LogP contribution in [0.4, 0.5) is 5.13 Å². The topological polar surface area (TPSA) is 54.8 Å². The second kappa shape index (κ2) is 10.0. The lowest BCUT2D eigenvalue weighted by atomic mass is 10.1. The lowest BCUT2D eigenvalue weighted by molar-refractivity contribution is -0.114. The molecule has 3 aromatic carbocycles. The Morgan fingerprint density at radius 1 is 1.06 bits per heavy atom. The molecule has 5 rings (SSSR count). The van der Waals surface area contributed by atoms with Gasteiger partial charge in [0.25, 0.3) is 5.91 Å². The summed E-state index contributed by atoms with van der Waals surface area (Å²) in [5.74, 6) is 1.16. The van der Waals surface area contributed by atoms with Crippen LogP contribution in [0.3, 0.4) is 0 Å². The second-order valence-corrected chi connectivity index (χ2v) is 9.92. The first-order valence-corrected chi connectivity index (χ1v) is 12.9. The van der Waals surface area contributed by atoms with E-state index in [2.05, 4.69) is 4.98 Å². The number of para-hydroxylation sites is 1. The molecule has 0 aliphatic carbocycles. The number of ether oxygens (including phenoxy) is 1. The van der Waals surface area contributed by atoms with Gasteiger partial charge in [0.2, 0.25) is 5.13 Å². The van der Waals surface area contributed by atoms with Crippen molar-refractivity contribution in [3.8, 4) is 5.75 Å². The van der Waals surface area contributed by atoms with E-state index in [1.54, 1.807) is 11.8 Å². The lowest BCUT2D eigenvalue weighted by Gasteiger charge is -2.07. The summed E-state index contributed by atoms with van der Waals surface area (Å²) >= 11 is 9.08. The predicted molar refractivity (Wildman–Crippen MR) is 142 cm³/mol. The zero-order chi connectivity index (χ0) is 23.5. The Morgan fingerprint density at radius 3 is 2.56 bits per heavy atom. The Bertz CT molecular complexity index is 1360. The number of thioether (sulfide) groups is 1. The Labute approximate surface area is 210 Å². The SMILES string of the molecule is CCOc1ccc(C=C2C(=O)N(c3nc4ccccc4s3)N=C2CSc2ccc(Cl)cc2)cc1. The Morgan fingerprint density at radius 2 is 1.82 bits per heavy atom. The third kappa shape index (κ3) is 4.87. The van der Waals surface area contributed by atoms with Crippen LogP contribution in [0, 0.1) is 0 Å². The van der Waals surface area contributed by atoms with Crippen molar-refractivity contribution in [2.75, 3.05) is 17.4 Å². The third-order valence-corrected chi connectivity index (χ3v) is 7.40. The molecule has 4 aromatic rings. The fourth-order valence-corrected chi connectivity index (χ4v) is 5.35. The molecule has 5 nitrogen and oxygen atoms in total. The van der Waals surface area contributed by atoms with Crippen LogP contribution in [0.25, 0.3) is 16.3 Å². The van der Waals surface area contributed by atoms with Crippen LogP contribution in [-0.2, 0) is 4.79 Å². The zero-order valence-electron chi connectivity index (χ0n) is 18.3. The van der Waals surface area contributed by atoms with Gasteiger partial charge in [0.1, 0.15) is 5.75 Å².